The number of aromatic nitrogens is 1. The molecular weight excluding hydrogens is 258 g/mol. The number of nitrogens with two attached hydrogens (primary N) is 1. The van der Waals surface area contributed by atoms with Crippen LogP contribution in [0.15, 0.2) is 36.5 Å². The minimum absolute atomic E-state index is 0.323. The minimum Gasteiger partial charge on any atom is -0.493 e. The Morgan fingerprint density at radius 1 is 1.20 bits per heavy atom. The summed E-state index contributed by atoms with van der Waals surface area (Å²) >= 11 is 0. The van der Waals surface area contributed by atoms with Gasteiger partial charge in [0.05, 0.1) is 19.9 Å². The van der Waals surface area contributed by atoms with E-state index in [9.17, 15) is 4.79 Å². The lowest BCUT2D eigenvalue weighted by Crippen LogP contribution is -2.14. The number of amides is 1. The van der Waals surface area contributed by atoms with E-state index in [0.717, 1.165) is 0 Å². The van der Waals surface area contributed by atoms with Crippen LogP contribution in [-0.4, -0.2) is 25.1 Å². The zero-order valence-corrected chi connectivity index (χ0v) is 11.2. The van der Waals surface area contributed by atoms with Gasteiger partial charge < -0.3 is 20.5 Å². The van der Waals surface area contributed by atoms with E-state index in [4.69, 9.17) is 15.2 Å². The molecule has 0 saturated heterocycles. The molecule has 0 fully saturated rings. The smallest absolute Gasteiger partial charge is 0.257 e. The highest BCUT2D eigenvalue weighted by Gasteiger charge is 2.12. The molecule has 3 N–H and O–H groups in total. The summed E-state index contributed by atoms with van der Waals surface area (Å²) in [5, 5.41) is 2.64. The quantitative estimate of drug-likeness (QED) is 0.889. The number of hydrogen-bond acceptors (Lipinski definition) is 5. The second-order valence-electron chi connectivity index (χ2n) is 3.97. The molecular formula is C14H15N3O3. The molecule has 0 spiro atoms. The highest BCUT2D eigenvalue weighted by atomic mass is 16.5. The van der Waals surface area contributed by atoms with Gasteiger partial charge in [-0.2, -0.15) is 0 Å². The number of carbonyl (C=O) groups is 1. The summed E-state index contributed by atoms with van der Waals surface area (Å²) in [5.74, 6) is 1.04. The van der Waals surface area contributed by atoms with Crippen LogP contribution in [0.5, 0.6) is 11.5 Å². The largest absolute Gasteiger partial charge is 0.493 e. The van der Waals surface area contributed by atoms with Gasteiger partial charge in [0.15, 0.2) is 17.3 Å². The summed E-state index contributed by atoms with van der Waals surface area (Å²) in [7, 11) is 3.04. The Morgan fingerprint density at radius 2 is 1.95 bits per heavy atom. The molecule has 6 heteroatoms. The monoisotopic (exact) mass is 273 g/mol. The lowest BCUT2D eigenvalue weighted by molar-refractivity contribution is 0.102. The number of hydrogen-bond donors (Lipinski definition) is 2. The van der Waals surface area contributed by atoms with Crippen molar-refractivity contribution in [3.63, 3.8) is 0 Å². The van der Waals surface area contributed by atoms with Crippen LogP contribution >= 0.6 is 0 Å². The molecule has 1 aromatic heterocycles. The molecule has 104 valence electrons. The number of nitrogen functional groups attached to an aromatic ring is 1. The third kappa shape index (κ3) is 2.80. The van der Waals surface area contributed by atoms with Gasteiger partial charge in [0.2, 0.25) is 0 Å². The van der Waals surface area contributed by atoms with Gasteiger partial charge in [0.25, 0.3) is 5.91 Å². The van der Waals surface area contributed by atoms with E-state index in [2.05, 4.69) is 10.3 Å². The van der Waals surface area contributed by atoms with Gasteiger partial charge in [-0.1, -0.05) is 0 Å². The van der Waals surface area contributed by atoms with Crippen LogP contribution in [0.4, 0.5) is 11.5 Å². The lowest BCUT2D eigenvalue weighted by Gasteiger charge is -2.10. The predicted octanol–water partition coefficient (Wildman–Crippen LogP) is 1.93. The Morgan fingerprint density at radius 3 is 2.60 bits per heavy atom. The Balaban J connectivity index is 2.24. The van der Waals surface area contributed by atoms with Crippen LogP contribution in [-0.2, 0) is 0 Å². The number of rotatable bonds is 4. The van der Waals surface area contributed by atoms with Crippen molar-refractivity contribution < 1.29 is 14.3 Å². The highest BCUT2D eigenvalue weighted by molar-refractivity contribution is 6.05. The number of benzene rings is 1. The van der Waals surface area contributed by atoms with Crippen LogP contribution in [0.2, 0.25) is 0 Å². The van der Waals surface area contributed by atoms with Gasteiger partial charge in [0, 0.05) is 11.8 Å². The molecule has 20 heavy (non-hydrogen) atoms. The fraction of sp³-hybridized carbons (Fsp3) is 0.143. The van der Waals surface area contributed by atoms with Crippen LogP contribution in [0.1, 0.15) is 10.4 Å². The van der Waals surface area contributed by atoms with Gasteiger partial charge >= 0.3 is 0 Å². The molecule has 0 unspecified atom stereocenters. The molecule has 2 aromatic rings. The summed E-state index contributed by atoms with van der Waals surface area (Å²) in [4.78, 5) is 16.1. The maximum atomic E-state index is 12.1. The number of anilines is 2. The third-order valence-electron chi connectivity index (χ3n) is 2.72. The minimum atomic E-state index is -0.323. The Bertz CT molecular complexity index is 629. The van der Waals surface area contributed by atoms with Crippen LogP contribution in [0.25, 0.3) is 0 Å². The first kappa shape index (κ1) is 13.7. The first-order valence-electron chi connectivity index (χ1n) is 5.89. The molecule has 1 aromatic carbocycles. The van der Waals surface area contributed by atoms with E-state index >= 15 is 0 Å². The van der Waals surface area contributed by atoms with Crippen molar-refractivity contribution in [1.29, 1.82) is 0 Å². The van der Waals surface area contributed by atoms with E-state index in [1.807, 2.05) is 0 Å². The average molecular weight is 273 g/mol. The van der Waals surface area contributed by atoms with Gasteiger partial charge in [-0.05, 0) is 30.3 Å². The molecule has 0 radical (unpaired) electrons. The molecule has 2 rings (SSSR count). The van der Waals surface area contributed by atoms with Crippen LogP contribution < -0.4 is 20.5 Å². The van der Waals surface area contributed by atoms with Gasteiger partial charge in [-0.3, -0.25) is 4.79 Å². The van der Waals surface area contributed by atoms with E-state index in [1.165, 1.54) is 14.2 Å². The summed E-state index contributed by atoms with van der Waals surface area (Å²) < 4.78 is 10.3. The van der Waals surface area contributed by atoms with Crippen LogP contribution in [0, 0.1) is 0 Å². The topological polar surface area (TPSA) is 86.5 Å². The summed E-state index contributed by atoms with van der Waals surface area (Å²) in [6.07, 6.45) is 1.56. The molecule has 6 nitrogen and oxygen atoms in total. The second kappa shape index (κ2) is 5.92. The van der Waals surface area contributed by atoms with Gasteiger partial charge in [0.1, 0.15) is 0 Å². The van der Waals surface area contributed by atoms with Gasteiger partial charge in [-0.25, -0.2) is 4.98 Å². The Kier molecular flexibility index (Phi) is 4.05. The standard InChI is InChI=1S/C14H15N3O3/c1-19-11-6-5-9(8-12(11)20-2)14(18)17-13-10(15)4-3-7-16-13/h3-8H,15H2,1-2H3,(H,16,17,18). The summed E-state index contributed by atoms with van der Waals surface area (Å²) in [6, 6.07) is 8.25. The Labute approximate surface area is 116 Å². The molecule has 1 amide bonds. The van der Waals surface area contributed by atoms with Gasteiger partial charge in [-0.15, -0.1) is 0 Å². The maximum Gasteiger partial charge on any atom is 0.257 e. The number of methoxy groups -OCH3 is 2. The molecule has 0 bridgehead atoms. The first-order chi connectivity index (χ1) is 9.65. The van der Waals surface area contributed by atoms with Crippen LogP contribution in [0.3, 0.4) is 0 Å². The van der Waals surface area contributed by atoms with Crippen molar-refractivity contribution in [3.05, 3.63) is 42.1 Å². The fourth-order valence-corrected chi connectivity index (χ4v) is 1.68. The number of pyridine rings is 1. The summed E-state index contributed by atoms with van der Waals surface area (Å²) in [5.41, 5.74) is 6.55. The number of nitrogens with zero attached hydrogens (tertiary/aromatic N) is 1. The molecule has 0 atom stereocenters. The van der Waals surface area contributed by atoms with E-state index in [1.54, 1.807) is 36.5 Å². The summed E-state index contributed by atoms with van der Waals surface area (Å²) in [6.45, 7) is 0. The predicted molar refractivity (Wildman–Crippen MR) is 76.1 cm³/mol. The van der Waals surface area contributed by atoms with Crippen molar-refractivity contribution >= 4 is 17.4 Å². The van der Waals surface area contributed by atoms with Crippen molar-refractivity contribution in [3.8, 4) is 11.5 Å². The molecule has 0 saturated carbocycles. The molecule has 0 aliphatic rings. The van der Waals surface area contributed by atoms with E-state index < -0.39 is 0 Å². The van der Waals surface area contributed by atoms with E-state index in [-0.39, 0.29) is 5.91 Å². The number of ether oxygens (including phenoxy) is 2. The highest BCUT2D eigenvalue weighted by Crippen LogP contribution is 2.28. The fourth-order valence-electron chi connectivity index (χ4n) is 1.68. The SMILES string of the molecule is COc1ccc(C(=O)Nc2ncccc2N)cc1OC. The van der Waals surface area contributed by atoms with Crippen molar-refractivity contribution in [1.82, 2.24) is 4.98 Å². The lowest BCUT2D eigenvalue weighted by atomic mass is 10.2. The normalized spacial score (nSPS) is 9.90. The molecule has 0 aliphatic carbocycles. The first-order valence-corrected chi connectivity index (χ1v) is 5.89. The van der Waals surface area contributed by atoms with Crippen molar-refractivity contribution in [2.24, 2.45) is 0 Å². The molecule has 1 heterocycles. The zero-order valence-electron chi connectivity index (χ0n) is 11.2. The average Bonchev–Trinajstić information content (AvgIpc) is 2.48. The third-order valence-corrected chi connectivity index (χ3v) is 2.72. The number of nitrogens with one attached hydrogen (secondary N) is 1. The zero-order chi connectivity index (χ0) is 14.5. The maximum absolute atomic E-state index is 12.1. The van der Waals surface area contributed by atoms with Crippen molar-refractivity contribution in [2.75, 3.05) is 25.3 Å². The second-order valence-corrected chi connectivity index (χ2v) is 3.97. The number of carbonyl (C=O) groups excluding carboxylic acids is 1. The van der Waals surface area contributed by atoms with Crippen molar-refractivity contribution in [2.45, 2.75) is 0 Å². The molecule has 0 aliphatic heterocycles. The van der Waals surface area contributed by atoms with E-state index in [0.29, 0.717) is 28.6 Å². The Hall–Kier alpha value is -2.76.